The van der Waals surface area contributed by atoms with Crippen LogP contribution in [0.15, 0.2) is 54.6 Å². The van der Waals surface area contributed by atoms with Gasteiger partial charge >= 0.3 is 6.18 Å². The number of alkyl halides is 3. The minimum atomic E-state index is -4.49. The van der Waals surface area contributed by atoms with Crippen LogP contribution >= 0.6 is 23.2 Å². The van der Waals surface area contributed by atoms with Gasteiger partial charge in [-0.05, 0) is 40.7 Å². The molecule has 0 fully saturated rings. The quantitative estimate of drug-likeness (QED) is 0.196. The van der Waals surface area contributed by atoms with Crippen LogP contribution in [0.1, 0.15) is 53.4 Å². The van der Waals surface area contributed by atoms with Crippen molar-refractivity contribution in [2.24, 2.45) is 0 Å². The van der Waals surface area contributed by atoms with Gasteiger partial charge in [0.15, 0.2) is 5.82 Å². The molecule has 3 rings (SSSR count). The van der Waals surface area contributed by atoms with E-state index in [1.807, 2.05) is 24.3 Å². The molecule has 2 N–H and O–H groups in total. The highest BCUT2D eigenvalue weighted by Crippen LogP contribution is 2.33. The second kappa shape index (κ2) is 10.7. The maximum absolute atomic E-state index is 14.9. The average Bonchev–Trinajstić information content (AvgIpc) is 2.80. The fourth-order valence-electron chi connectivity index (χ4n) is 3.73. The zero-order chi connectivity index (χ0) is 26.8. The molecule has 192 valence electrons. The number of benzene rings is 3. The van der Waals surface area contributed by atoms with E-state index in [0.29, 0.717) is 5.56 Å². The van der Waals surface area contributed by atoms with Crippen LogP contribution in [-0.2, 0) is 24.6 Å². The molecule has 0 aliphatic rings. The number of carbonyl (C=O) groups excluding carboxylic acids is 1. The Labute approximate surface area is 217 Å². The van der Waals surface area contributed by atoms with Crippen molar-refractivity contribution in [3.63, 3.8) is 0 Å². The van der Waals surface area contributed by atoms with E-state index in [2.05, 4.69) is 20.8 Å². The average molecular weight is 541 g/mol. The van der Waals surface area contributed by atoms with Gasteiger partial charge in [0.1, 0.15) is 5.56 Å². The molecule has 0 aromatic heterocycles. The summed E-state index contributed by atoms with van der Waals surface area (Å²) < 4.78 is 54.3. The molecule has 0 aliphatic carbocycles. The Bertz CT molecular complexity index is 1230. The van der Waals surface area contributed by atoms with Crippen molar-refractivity contribution >= 4 is 34.8 Å². The molecule has 0 saturated heterocycles. The van der Waals surface area contributed by atoms with Crippen LogP contribution in [0.25, 0.3) is 0 Å². The highest BCUT2D eigenvalue weighted by molar-refractivity contribution is 6.37. The van der Waals surface area contributed by atoms with Gasteiger partial charge < -0.3 is 10.6 Å². The fourth-order valence-corrected chi connectivity index (χ4v) is 4.19. The van der Waals surface area contributed by atoms with Gasteiger partial charge in [0.2, 0.25) is 0 Å². The van der Waals surface area contributed by atoms with E-state index in [0.717, 1.165) is 29.3 Å². The van der Waals surface area contributed by atoms with E-state index in [-0.39, 0.29) is 40.7 Å². The molecule has 1 amide bonds. The topological polar surface area (TPSA) is 46.3 Å². The van der Waals surface area contributed by atoms with Crippen molar-refractivity contribution in [3.05, 3.63) is 98.3 Å². The molecule has 0 heterocycles. The van der Waals surface area contributed by atoms with Crippen LogP contribution in [0.2, 0.25) is 10.0 Å². The molecule has 0 atom stereocenters. The summed E-state index contributed by atoms with van der Waals surface area (Å²) in [6.45, 7) is 6.29. The Hall–Kier alpha value is -2.77. The van der Waals surface area contributed by atoms with Crippen LogP contribution in [0.4, 0.5) is 23.2 Å². The molecular formula is C27H26Cl2F4N2O. The summed E-state index contributed by atoms with van der Waals surface area (Å²) >= 11 is 11.9. The number of nitrogens with two attached hydrogens (primary N) is 1. The summed E-state index contributed by atoms with van der Waals surface area (Å²) in [5, 5.41) is -0.429. The minimum absolute atomic E-state index is 0.00415. The monoisotopic (exact) mass is 540 g/mol. The molecule has 0 aliphatic heterocycles. The fraction of sp³-hybridized carbons (Fsp3) is 0.296. The molecule has 3 aromatic carbocycles. The van der Waals surface area contributed by atoms with Gasteiger partial charge in [-0.1, -0.05) is 86.4 Å². The lowest BCUT2D eigenvalue weighted by molar-refractivity contribution is -0.137. The van der Waals surface area contributed by atoms with Gasteiger partial charge in [0, 0.05) is 13.1 Å². The highest BCUT2D eigenvalue weighted by Gasteiger charge is 2.31. The largest absolute Gasteiger partial charge is 0.416 e. The van der Waals surface area contributed by atoms with E-state index in [4.69, 9.17) is 28.9 Å². The van der Waals surface area contributed by atoms with Crippen LogP contribution in [0, 0.1) is 5.82 Å². The number of anilines is 1. The first-order valence-electron chi connectivity index (χ1n) is 11.2. The first-order chi connectivity index (χ1) is 16.7. The van der Waals surface area contributed by atoms with Crippen molar-refractivity contribution in [1.82, 2.24) is 4.90 Å². The number of nitrogen functional groups attached to an aromatic ring is 1. The Morgan fingerprint density at radius 2 is 1.56 bits per heavy atom. The second-order valence-electron chi connectivity index (χ2n) is 9.56. The van der Waals surface area contributed by atoms with Gasteiger partial charge in [-0.15, -0.1) is 0 Å². The lowest BCUT2D eigenvalue weighted by Gasteiger charge is -2.25. The summed E-state index contributed by atoms with van der Waals surface area (Å²) in [4.78, 5) is 14.8. The van der Waals surface area contributed by atoms with Crippen molar-refractivity contribution in [2.75, 3.05) is 12.3 Å². The Kier molecular flexibility index (Phi) is 8.26. The maximum atomic E-state index is 14.9. The van der Waals surface area contributed by atoms with E-state index < -0.39 is 29.0 Å². The van der Waals surface area contributed by atoms with Crippen LogP contribution in [-0.4, -0.2) is 17.4 Å². The van der Waals surface area contributed by atoms with Crippen LogP contribution < -0.4 is 5.73 Å². The number of rotatable bonds is 6. The highest BCUT2D eigenvalue weighted by atomic mass is 35.5. The van der Waals surface area contributed by atoms with Crippen molar-refractivity contribution in [2.45, 2.75) is 45.3 Å². The van der Waals surface area contributed by atoms with E-state index >= 15 is 0 Å². The molecule has 0 saturated carbocycles. The molecule has 9 heteroatoms. The standard InChI is InChI=1S/C27H26Cl2F4N2O/c1-26(2,3)18-9-7-17(8-10-18)15-35(12-11-16-5-4-6-19(13-16)27(31,32)33)25(36)22-23(30)20(28)14-21(29)24(22)34/h4-10,13-14H,11-12,15,34H2,1-3H3. The van der Waals surface area contributed by atoms with Gasteiger partial charge in [0.05, 0.1) is 21.3 Å². The summed E-state index contributed by atoms with van der Waals surface area (Å²) in [5.41, 5.74) is 6.56. The molecule has 0 bridgehead atoms. The van der Waals surface area contributed by atoms with Crippen LogP contribution in [0.5, 0.6) is 0 Å². The molecular weight excluding hydrogens is 515 g/mol. The number of hydrogen-bond acceptors (Lipinski definition) is 2. The third-order valence-corrected chi connectivity index (χ3v) is 6.42. The first-order valence-corrected chi connectivity index (χ1v) is 11.9. The normalized spacial score (nSPS) is 12.0. The first kappa shape index (κ1) is 27.8. The van der Waals surface area contributed by atoms with Gasteiger partial charge in [0.25, 0.3) is 5.91 Å². The Morgan fingerprint density at radius 1 is 0.917 bits per heavy atom. The van der Waals surface area contributed by atoms with E-state index in [9.17, 15) is 22.4 Å². The van der Waals surface area contributed by atoms with Crippen molar-refractivity contribution in [1.29, 1.82) is 0 Å². The van der Waals surface area contributed by atoms with E-state index in [1.165, 1.54) is 11.0 Å². The lowest BCUT2D eigenvalue weighted by Crippen LogP contribution is -2.34. The molecule has 3 aromatic rings. The molecule has 0 unspecified atom stereocenters. The number of carbonyl (C=O) groups is 1. The number of hydrogen-bond donors (Lipinski definition) is 1. The zero-order valence-corrected chi connectivity index (χ0v) is 21.5. The minimum Gasteiger partial charge on any atom is -0.397 e. The van der Waals surface area contributed by atoms with Crippen molar-refractivity contribution < 1.29 is 22.4 Å². The van der Waals surface area contributed by atoms with Gasteiger partial charge in [-0.2, -0.15) is 13.2 Å². The summed E-state index contributed by atoms with van der Waals surface area (Å²) in [7, 11) is 0. The third kappa shape index (κ3) is 6.51. The van der Waals surface area contributed by atoms with Gasteiger partial charge in [-0.25, -0.2) is 4.39 Å². The predicted molar refractivity (Wildman–Crippen MR) is 136 cm³/mol. The number of nitrogens with zero attached hydrogens (tertiary/aromatic N) is 1. The molecule has 3 nitrogen and oxygen atoms in total. The van der Waals surface area contributed by atoms with Crippen molar-refractivity contribution in [3.8, 4) is 0 Å². The van der Waals surface area contributed by atoms with Gasteiger partial charge in [-0.3, -0.25) is 4.79 Å². The molecule has 0 radical (unpaired) electrons. The lowest BCUT2D eigenvalue weighted by atomic mass is 9.87. The number of halogens is 6. The predicted octanol–water partition coefficient (Wildman–Crippen LogP) is 7.92. The third-order valence-electron chi connectivity index (χ3n) is 5.83. The smallest absolute Gasteiger partial charge is 0.397 e. The molecule has 36 heavy (non-hydrogen) atoms. The van der Waals surface area contributed by atoms with E-state index in [1.54, 1.807) is 6.07 Å². The maximum Gasteiger partial charge on any atom is 0.416 e. The zero-order valence-electron chi connectivity index (χ0n) is 20.0. The van der Waals surface area contributed by atoms with Crippen LogP contribution in [0.3, 0.4) is 0 Å². The Morgan fingerprint density at radius 3 is 2.14 bits per heavy atom. The summed E-state index contributed by atoms with van der Waals surface area (Å²) in [6.07, 6.45) is -4.39. The number of amides is 1. The second-order valence-corrected chi connectivity index (χ2v) is 10.4. The Balaban J connectivity index is 1.95. The summed E-state index contributed by atoms with van der Waals surface area (Å²) in [5.74, 6) is -1.77. The summed E-state index contributed by atoms with van der Waals surface area (Å²) in [6, 6.07) is 13.6. The SMILES string of the molecule is CC(C)(C)c1ccc(CN(CCc2cccc(C(F)(F)F)c2)C(=O)c2c(N)c(Cl)cc(Cl)c2F)cc1. The molecule has 0 spiro atoms.